The number of anilines is 1. The molecule has 3 rings (SSSR count). The Morgan fingerprint density at radius 3 is 2.11 bits per heavy atom. The fourth-order valence-corrected chi connectivity index (χ4v) is 3.63. The van der Waals surface area contributed by atoms with Crippen molar-refractivity contribution in [3.63, 3.8) is 0 Å². The largest absolute Gasteiger partial charge is 0.339 e. The minimum Gasteiger partial charge on any atom is -0.339 e. The molecule has 0 atom stereocenters. The lowest BCUT2D eigenvalue weighted by Crippen LogP contribution is -2.38. The van der Waals surface area contributed by atoms with Crippen LogP contribution in [0.5, 0.6) is 0 Å². The quantitative estimate of drug-likeness (QED) is 0.820. The summed E-state index contributed by atoms with van der Waals surface area (Å²) >= 11 is 0. The molecule has 0 saturated heterocycles. The van der Waals surface area contributed by atoms with Gasteiger partial charge in [0.05, 0.1) is 0 Å². The molecule has 2 aromatic carbocycles. The van der Waals surface area contributed by atoms with Crippen LogP contribution in [0.2, 0.25) is 0 Å². The van der Waals surface area contributed by atoms with Crippen LogP contribution < -0.4 is 5.32 Å². The number of rotatable bonds is 5. The Kier molecular flexibility index (Phi) is 6.28. The van der Waals surface area contributed by atoms with Gasteiger partial charge in [0.15, 0.2) is 0 Å². The van der Waals surface area contributed by atoms with Gasteiger partial charge in [-0.2, -0.15) is 0 Å². The van der Waals surface area contributed by atoms with E-state index in [9.17, 15) is 9.59 Å². The van der Waals surface area contributed by atoms with Crippen molar-refractivity contribution in [2.75, 3.05) is 12.4 Å². The SMILES string of the molecule is CCc1ccc(C(=O)Nc2ccc(C(=O)N(C)C3CCCCC3)cc2)cc1. The Hall–Kier alpha value is -2.62. The number of carbonyl (C=O) groups is 2. The second kappa shape index (κ2) is 8.85. The summed E-state index contributed by atoms with van der Waals surface area (Å²) in [5.74, 6) is -0.0917. The van der Waals surface area contributed by atoms with Gasteiger partial charge in [0.25, 0.3) is 11.8 Å². The van der Waals surface area contributed by atoms with Crippen LogP contribution >= 0.6 is 0 Å². The molecule has 4 nitrogen and oxygen atoms in total. The van der Waals surface area contributed by atoms with Crippen molar-refractivity contribution >= 4 is 17.5 Å². The van der Waals surface area contributed by atoms with E-state index in [4.69, 9.17) is 0 Å². The summed E-state index contributed by atoms with van der Waals surface area (Å²) in [6.45, 7) is 2.09. The van der Waals surface area contributed by atoms with Gasteiger partial charge >= 0.3 is 0 Å². The van der Waals surface area contributed by atoms with Gasteiger partial charge in [0.1, 0.15) is 0 Å². The van der Waals surface area contributed by atoms with Crippen molar-refractivity contribution in [3.8, 4) is 0 Å². The maximum atomic E-state index is 12.7. The number of aryl methyl sites for hydroxylation is 1. The summed E-state index contributed by atoms with van der Waals surface area (Å²) in [6.07, 6.45) is 6.81. The van der Waals surface area contributed by atoms with Crippen molar-refractivity contribution in [3.05, 3.63) is 65.2 Å². The van der Waals surface area contributed by atoms with Crippen molar-refractivity contribution in [1.82, 2.24) is 4.90 Å². The van der Waals surface area contributed by atoms with Gasteiger partial charge in [0.2, 0.25) is 0 Å². The van der Waals surface area contributed by atoms with Crippen molar-refractivity contribution in [2.45, 2.75) is 51.5 Å². The Labute approximate surface area is 161 Å². The molecule has 0 unspecified atom stereocenters. The first-order valence-electron chi connectivity index (χ1n) is 9.86. The van der Waals surface area contributed by atoms with Crippen LogP contribution in [-0.2, 0) is 6.42 Å². The molecule has 4 heteroatoms. The topological polar surface area (TPSA) is 49.4 Å². The molecule has 0 spiro atoms. The number of carbonyl (C=O) groups excluding carboxylic acids is 2. The first kappa shape index (κ1) is 19.2. The lowest BCUT2D eigenvalue weighted by Gasteiger charge is -2.31. The van der Waals surface area contributed by atoms with Gasteiger partial charge in [-0.15, -0.1) is 0 Å². The summed E-state index contributed by atoms with van der Waals surface area (Å²) in [5, 5.41) is 2.89. The van der Waals surface area contributed by atoms with E-state index in [0.29, 0.717) is 22.9 Å². The number of nitrogens with zero attached hydrogens (tertiary/aromatic N) is 1. The molecule has 0 heterocycles. The first-order chi connectivity index (χ1) is 13.1. The highest BCUT2D eigenvalue weighted by Crippen LogP contribution is 2.23. The Morgan fingerprint density at radius 2 is 1.52 bits per heavy atom. The smallest absolute Gasteiger partial charge is 0.255 e. The number of amides is 2. The van der Waals surface area contributed by atoms with Gasteiger partial charge < -0.3 is 10.2 Å². The van der Waals surface area contributed by atoms with E-state index >= 15 is 0 Å². The van der Waals surface area contributed by atoms with Gasteiger partial charge in [0, 0.05) is 29.9 Å². The second-order valence-electron chi connectivity index (χ2n) is 7.29. The Morgan fingerprint density at radius 1 is 0.926 bits per heavy atom. The van der Waals surface area contributed by atoms with Crippen LogP contribution in [0.4, 0.5) is 5.69 Å². The summed E-state index contributed by atoms with van der Waals surface area (Å²) in [4.78, 5) is 26.9. The minimum atomic E-state index is -0.143. The van der Waals surface area contributed by atoms with Crippen LogP contribution in [0, 0.1) is 0 Å². The summed E-state index contributed by atoms with van der Waals surface area (Å²) in [5.41, 5.74) is 3.19. The van der Waals surface area contributed by atoms with Gasteiger partial charge in [-0.05, 0) is 61.2 Å². The lowest BCUT2D eigenvalue weighted by atomic mass is 9.94. The van der Waals surface area contributed by atoms with E-state index in [-0.39, 0.29) is 11.8 Å². The normalized spacial score (nSPS) is 14.6. The zero-order valence-electron chi connectivity index (χ0n) is 16.2. The molecule has 0 radical (unpaired) electrons. The number of hydrogen-bond acceptors (Lipinski definition) is 2. The predicted octanol–water partition coefficient (Wildman–Crippen LogP) is 4.91. The molecule has 1 saturated carbocycles. The molecule has 0 bridgehead atoms. The molecule has 2 aromatic rings. The third-order valence-electron chi connectivity index (χ3n) is 5.46. The van der Waals surface area contributed by atoms with Crippen molar-refractivity contribution in [1.29, 1.82) is 0 Å². The molecule has 0 aromatic heterocycles. The average molecular weight is 364 g/mol. The average Bonchev–Trinajstić information content (AvgIpc) is 2.74. The highest BCUT2D eigenvalue weighted by molar-refractivity contribution is 6.04. The number of hydrogen-bond donors (Lipinski definition) is 1. The first-order valence-corrected chi connectivity index (χ1v) is 9.86. The fraction of sp³-hybridized carbons (Fsp3) is 0.391. The maximum absolute atomic E-state index is 12.7. The van der Waals surface area contributed by atoms with Crippen LogP contribution in [-0.4, -0.2) is 29.8 Å². The standard InChI is InChI=1S/C23H28N2O2/c1-3-17-9-11-18(12-10-17)22(26)24-20-15-13-19(14-16-20)23(27)25(2)21-7-5-4-6-8-21/h9-16,21H,3-8H2,1-2H3,(H,24,26). The Balaban J connectivity index is 1.62. The number of nitrogens with one attached hydrogen (secondary N) is 1. The van der Waals surface area contributed by atoms with Crippen LogP contribution in [0.25, 0.3) is 0 Å². The molecule has 0 aliphatic heterocycles. The lowest BCUT2D eigenvalue weighted by molar-refractivity contribution is 0.0696. The molecule has 27 heavy (non-hydrogen) atoms. The molecule has 1 fully saturated rings. The summed E-state index contributed by atoms with van der Waals surface area (Å²) in [7, 11) is 1.90. The van der Waals surface area contributed by atoms with E-state index in [1.165, 1.54) is 24.8 Å². The monoisotopic (exact) mass is 364 g/mol. The summed E-state index contributed by atoms with van der Waals surface area (Å²) in [6, 6.07) is 15.1. The van der Waals surface area contributed by atoms with E-state index in [1.807, 2.05) is 36.2 Å². The third kappa shape index (κ3) is 4.76. The molecule has 1 aliphatic carbocycles. The van der Waals surface area contributed by atoms with Gasteiger partial charge in [-0.25, -0.2) is 0 Å². The second-order valence-corrected chi connectivity index (χ2v) is 7.29. The third-order valence-corrected chi connectivity index (χ3v) is 5.46. The predicted molar refractivity (Wildman–Crippen MR) is 109 cm³/mol. The molecule has 2 amide bonds. The zero-order valence-corrected chi connectivity index (χ0v) is 16.2. The van der Waals surface area contributed by atoms with Crippen molar-refractivity contribution < 1.29 is 9.59 Å². The maximum Gasteiger partial charge on any atom is 0.255 e. The van der Waals surface area contributed by atoms with Crippen LogP contribution in [0.15, 0.2) is 48.5 Å². The molecule has 142 valence electrons. The molecule has 1 aliphatic rings. The Bertz CT molecular complexity index is 775. The highest BCUT2D eigenvalue weighted by Gasteiger charge is 2.22. The fourth-order valence-electron chi connectivity index (χ4n) is 3.63. The van der Waals surface area contributed by atoms with E-state index in [1.54, 1.807) is 24.3 Å². The van der Waals surface area contributed by atoms with Crippen LogP contribution in [0.1, 0.15) is 65.3 Å². The molecule has 1 N–H and O–H groups in total. The molecular weight excluding hydrogens is 336 g/mol. The van der Waals surface area contributed by atoms with Crippen molar-refractivity contribution in [2.24, 2.45) is 0 Å². The van der Waals surface area contributed by atoms with Crippen LogP contribution in [0.3, 0.4) is 0 Å². The summed E-state index contributed by atoms with van der Waals surface area (Å²) < 4.78 is 0. The zero-order chi connectivity index (χ0) is 19.2. The molecular formula is C23H28N2O2. The van der Waals surface area contributed by atoms with E-state index in [0.717, 1.165) is 19.3 Å². The minimum absolute atomic E-state index is 0.0509. The van der Waals surface area contributed by atoms with E-state index in [2.05, 4.69) is 12.2 Å². The number of benzene rings is 2. The highest BCUT2D eigenvalue weighted by atomic mass is 16.2. The van der Waals surface area contributed by atoms with Gasteiger partial charge in [-0.3, -0.25) is 9.59 Å². The van der Waals surface area contributed by atoms with Gasteiger partial charge in [-0.1, -0.05) is 38.3 Å². The van der Waals surface area contributed by atoms with E-state index < -0.39 is 0 Å².